The minimum absolute atomic E-state index is 0.122. The van der Waals surface area contributed by atoms with Gasteiger partial charge < -0.3 is 9.84 Å². The number of nitrogens with zero attached hydrogens (tertiary/aromatic N) is 1. The topological polar surface area (TPSA) is 49.8 Å². The second-order valence-electron chi connectivity index (χ2n) is 3.97. The summed E-state index contributed by atoms with van der Waals surface area (Å²) in [7, 11) is 0. The van der Waals surface area contributed by atoms with Crippen molar-refractivity contribution in [2.75, 3.05) is 6.73 Å². The van der Waals surface area contributed by atoms with E-state index in [9.17, 15) is 9.90 Å². The molecular formula is C9H15NO3. The van der Waals surface area contributed by atoms with Crippen LogP contribution in [0, 0.1) is 0 Å². The molecule has 13 heavy (non-hydrogen) atoms. The number of carbonyl (C=O) groups excluding carboxylic acids is 1. The zero-order valence-corrected chi connectivity index (χ0v) is 8.15. The SMILES string of the molecule is CC(C)(C)OCN1C(=O)C=CC1O. The first-order valence-electron chi connectivity index (χ1n) is 4.21. The Kier molecular flexibility index (Phi) is 2.73. The Bertz CT molecular complexity index is 230. The minimum Gasteiger partial charge on any atom is -0.370 e. The fourth-order valence-electron chi connectivity index (χ4n) is 0.902. The Labute approximate surface area is 77.8 Å². The first kappa shape index (κ1) is 10.2. The molecule has 1 aliphatic heterocycles. The molecule has 0 radical (unpaired) electrons. The highest BCUT2D eigenvalue weighted by molar-refractivity contribution is 5.90. The first-order chi connectivity index (χ1) is 5.90. The summed E-state index contributed by atoms with van der Waals surface area (Å²) in [6.07, 6.45) is 1.94. The maximum absolute atomic E-state index is 11.1. The summed E-state index contributed by atoms with van der Waals surface area (Å²) in [4.78, 5) is 12.4. The van der Waals surface area contributed by atoms with Crippen molar-refractivity contribution >= 4 is 5.91 Å². The quantitative estimate of drug-likeness (QED) is 0.680. The number of hydrogen-bond acceptors (Lipinski definition) is 3. The molecule has 4 nitrogen and oxygen atoms in total. The van der Waals surface area contributed by atoms with Crippen molar-refractivity contribution in [1.29, 1.82) is 0 Å². The molecule has 0 aromatic rings. The van der Waals surface area contributed by atoms with E-state index in [0.717, 1.165) is 0 Å². The van der Waals surface area contributed by atoms with E-state index in [2.05, 4.69) is 0 Å². The van der Waals surface area contributed by atoms with Gasteiger partial charge in [0.15, 0.2) is 6.23 Å². The summed E-state index contributed by atoms with van der Waals surface area (Å²) < 4.78 is 5.36. The van der Waals surface area contributed by atoms with E-state index in [-0.39, 0.29) is 18.2 Å². The lowest BCUT2D eigenvalue weighted by Crippen LogP contribution is -2.38. The van der Waals surface area contributed by atoms with Crippen LogP contribution in [0.3, 0.4) is 0 Å². The van der Waals surface area contributed by atoms with E-state index >= 15 is 0 Å². The molecule has 0 aromatic heterocycles. The molecule has 1 atom stereocenters. The van der Waals surface area contributed by atoms with E-state index in [1.807, 2.05) is 20.8 Å². The lowest BCUT2D eigenvalue weighted by atomic mass is 10.2. The minimum atomic E-state index is -0.838. The van der Waals surface area contributed by atoms with Crippen molar-refractivity contribution in [2.24, 2.45) is 0 Å². The van der Waals surface area contributed by atoms with Crippen molar-refractivity contribution in [3.8, 4) is 0 Å². The van der Waals surface area contributed by atoms with Gasteiger partial charge >= 0.3 is 0 Å². The van der Waals surface area contributed by atoms with Gasteiger partial charge in [-0.2, -0.15) is 0 Å². The molecule has 1 N–H and O–H groups in total. The third kappa shape index (κ3) is 2.82. The van der Waals surface area contributed by atoms with Crippen LogP contribution in [0.4, 0.5) is 0 Å². The molecule has 0 fully saturated rings. The molecule has 1 rings (SSSR count). The highest BCUT2D eigenvalue weighted by Crippen LogP contribution is 2.12. The van der Waals surface area contributed by atoms with Gasteiger partial charge in [-0.3, -0.25) is 9.69 Å². The molecule has 1 amide bonds. The number of amides is 1. The molecule has 0 aliphatic carbocycles. The third-order valence-electron chi connectivity index (χ3n) is 1.65. The summed E-state index contributed by atoms with van der Waals surface area (Å²) in [6, 6.07) is 0. The number of aliphatic hydroxyl groups excluding tert-OH is 1. The van der Waals surface area contributed by atoms with Crippen LogP contribution in [0.5, 0.6) is 0 Å². The lowest BCUT2D eigenvalue weighted by Gasteiger charge is -2.26. The Hall–Kier alpha value is -0.870. The predicted molar refractivity (Wildman–Crippen MR) is 47.7 cm³/mol. The van der Waals surface area contributed by atoms with Gasteiger partial charge in [-0.15, -0.1) is 0 Å². The molecule has 74 valence electrons. The van der Waals surface area contributed by atoms with Gasteiger partial charge in [0, 0.05) is 6.08 Å². The van der Waals surface area contributed by atoms with E-state index in [4.69, 9.17) is 4.74 Å². The van der Waals surface area contributed by atoms with Gasteiger partial charge in [-0.1, -0.05) is 0 Å². The second-order valence-corrected chi connectivity index (χ2v) is 3.97. The zero-order valence-electron chi connectivity index (χ0n) is 8.15. The summed E-state index contributed by atoms with van der Waals surface area (Å²) >= 11 is 0. The van der Waals surface area contributed by atoms with Crippen LogP contribution in [-0.4, -0.2) is 34.5 Å². The van der Waals surface area contributed by atoms with Crippen LogP contribution in [0.25, 0.3) is 0 Å². The average molecular weight is 185 g/mol. The van der Waals surface area contributed by atoms with E-state index in [1.165, 1.54) is 17.1 Å². The molecular weight excluding hydrogens is 170 g/mol. The highest BCUT2D eigenvalue weighted by atomic mass is 16.5. The highest BCUT2D eigenvalue weighted by Gasteiger charge is 2.25. The van der Waals surface area contributed by atoms with Crippen LogP contribution >= 0.6 is 0 Å². The van der Waals surface area contributed by atoms with E-state index in [1.54, 1.807) is 0 Å². The second kappa shape index (κ2) is 3.47. The standard InChI is InChI=1S/C9H15NO3/c1-9(2,3)13-6-10-7(11)4-5-8(10)12/h4-5,7,11H,6H2,1-3H3. The van der Waals surface area contributed by atoms with Gasteiger partial charge in [0.25, 0.3) is 5.91 Å². The van der Waals surface area contributed by atoms with Crippen LogP contribution in [0.15, 0.2) is 12.2 Å². The molecule has 0 saturated heterocycles. The number of carbonyl (C=O) groups is 1. The van der Waals surface area contributed by atoms with Crippen LogP contribution in [-0.2, 0) is 9.53 Å². The van der Waals surface area contributed by atoms with E-state index < -0.39 is 6.23 Å². The maximum Gasteiger partial charge on any atom is 0.250 e. The van der Waals surface area contributed by atoms with Crippen LogP contribution in [0.2, 0.25) is 0 Å². The van der Waals surface area contributed by atoms with Gasteiger partial charge in [-0.25, -0.2) is 0 Å². The van der Waals surface area contributed by atoms with Gasteiger partial charge in [0.05, 0.1) is 5.60 Å². The Morgan fingerprint density at radius 3 is 2.62 bits per heavy atom. The number of rotatable bonds is 2. The Morgan fingerprint density at radius 1 is 1.62 bits per heavy atom. The summed E-state index contributed by atoms with van der Waals surface area (Å²) in [5.41, 5.74) is -0.303. The Morgan fingerprint density at radius 2 is 2.23 bits per heavy atom. The molecule has 0 bridgehead atoms. The number of aliphatic hydroxyl groups is 1. The molecule has 1 unspecified atom stereocenters. The van der Waals surface area contributed by atoms with Crippen molar-refractivity contribution in [3.05, 3.63) is 12.2 Å². The summed E-state index contributed by atoms with van der Waals surface area (Å²) in [5, 5.41) is 9.29. The molecule has 4 heteroatoms. The zero-order chi connectivity index (χ0) is 10.1. The van der Waals surface area contributed by atoms with Crippen molar-refractivity contribution in [1.82, 2.24) is 4.90 Å². The number of hydrogen-bond donors (Lipinski definition) is 1. The van der Waals surface area contributed by atoms with Gasteiger partial charge in [0.1, 0.15) is 6.73 Å². The fraction of sp³-hybridized carbons (Fsp3) is 0.667. The van der Waals surface area contributed by atoms with E-state index in [0.29, 0.717) is 0 Å². The normalized spacial score (nSPS) is 22.9. The van der Waals surface area contributed by atoms with Crippen molar-refractivity contribution < 1.29 is 14.6 Å². The van der Waals surface area contributed by atoms with Gasteiger partial charge in [-0.05, 0) is 26.8 Å². The maximum atomic E-state index is 11.1. The molecule has 0 spiro atoms. The molecule has 1 aliphatic rings. The first-order valence-corrected chi connectivity index (χ1v) is 4.21. The van der Waals surface area contributed by atoms with Crippen LogP contribution in [0.1, 0.15) is 20.8 Å². The monoisotopic (exact) mass is 185 g/mol. The lowest BCUT2D eigenvalue weighted by molar-refractivity contribution is -0.147. The summed E-state index contributed by atoms with van der Waals surface area (Å²) in [5.74, 6) is -0.211. The van der Waals surface area contributed by atoms with Gasteiger partial charge in [0.2, 0.25) is 0 Å². The van der Waals surface area contributed by atoms with Crippen molar-refractivity contribution in [2.45, 2.75) is 32.6 Å². The number of ether oxygens (including phenoxy) is 1. The smallest absolute Gasteiger partial charge is 0.250 e. The predicted octanol–water partition coefficient (Wildman–Crippen LogP) is 0.476. The van der Waals surface area contributed by atoms with Crippen molar-refractivity contribution in [3.63, 3.8) is 0 Å². The largest absolute Gasteiger partial charge is 0.370 e. The molecule has 0 saturated carbocycles. The average Bonchev–Trinajstić information content (AvgIpc) is 2.27. The third-order valence-corrected chi connectivity index (χ3v) is 1.65. The Balaban J connectivity index is 2.42. The van der Waals surface area contributed by atoms with Crippen LogP contribution < -0.4 is 0 Å². The fourth-order valence-corrected chi connectivity index (χ4v) is 0.902. The molecule has 0 aromatic carbocycles. The molecule has 1 heterocycles. The summed E-state index contributed by atoms with van der Waals surface area (Å²) in [6.45, 7) is 5.81.